The van der Waals surface area contributed by atoms with Crippen molar-refractivity contribution in [1.82, 2.24) is 0 Å². The van der Waals surface area contributed by atoms with Crippen LogP contribution in [0.2, 0.25) is 0 Å². The molecule has 2 aromatic carbocycles. The first-order valence-electron chi connectivity index (χ1n) is 6.24. The SMILES string of the molecule is CN(c1ccccc1C#N)S(=O)(=O)Cc1ccc(N)cc1. The molecule has 0 unspecified atom stereocenters. The Morgan fingerprint density at radius 1 is 1.14 bits per heavy atom. The normalized spacial score (nSPS) is 10.9. The van der Waals surface area contributed by atoms with E-state index in [0.29, 0.717) is 22.5 Å². The van der Waals surface area contributed by atoms with Crippen LogP contribution in [0.25, 0.3) is 0 Å². The lowest BCUT2D eigenvalue weighted by Gasteiger charge is -2.20. The van der Waals surface area contributed by atoms with Gasteiger partial charge in [0.1, 0.15) is 6.07 Å². The van der Waals surface area contributed by atoms with Gasteiger partial charge in [0.2, 0.25) is 10.0 Å². The highest BCUT2D eigenvalue weighted by Crippen LogP contribution is 2.23. The van der Waals surface area contributed by atoms with Crippen LogP contribution in [0, 0.1) is 11.3 Å². The minimum atomic E-state index is -3.57. The number of rotatable bonds is 4. The fourth-order valence-electron chi connectivity index (χ4n) is 1.91. The van der Waals surface area contributed by atoms with Gasteiger partial charge in [0.15, 0.2) is 0 Å². The maximum absolute atomic E-state index is 12.4. The first-order chi connectivity index (χ1) is 9.94. The van der Waals surface area contributed by atoms with E-state index in [-0.39, 0.29) is 5.75 Å². The molecular weight excluding hydrogens is 286 g/mol. The van der Waals surface area contributed by atoms with E-state index in [9.17, 15) is 8.42 Å². The van der Waals surface area contributed by atoms with E-state index >= 15 is 0 Å². The first-order valence-corrected chi connectivity index (χ1v) is 7.85. The fraction of sp³-hybridized carbons (Fsp3) is 0.133. The lowest BCUT2D eigenvalue weighted by atomic mass is 10.2. The maximum atomic E-state index is 12.4. The molecule has 108 valence electrons. The highest BCUT2D eigenvalue weighted by atomic mass is 32.2. The van der Waals surface area contributed by atoms with Crippen molar-refractivity contribution < 1.29 is 8.42 Å². The third-order valence-electron chi connectivity index (χ3n) is 3.11. The van der Waals surface area contributed by atoms with E-state index in [1.165, 1.54) is 7.05 Å². The van der Waals surface area contributed by atoms with Crippen LogP contribution < -0.4 is 10.0 Å². The largest absolute Gasteiger partial charge is 0.399 e. The molecule has 0 saturated carbocycles. The standard InChI is InChI=1S/C15H15N3O2S/c1-18(15-5-3-2-4-13(15)10-16)21(19,20)11-12-6-8-14(17)9-7-12/h2-9H,11,17H2,1H3. The average molecular weight is 301 g/mol. The van der Waals surface area contributed by atoms with Gasteiger partial charge in [-0.15, -0.1) is 0 Å². The smallest absolute Gasteiger partial charge is 0.239 e. The van der Waals surface area contributed by atoms with Gasteiger partial charge in [-0.2, -0.15) is 5.26 Å². The molecule has 0 bridgehead atoms. The number of hydrogen-bond acceptors (Lipinski definition) is 4. The Kier molecular flexibility index (Phi) is 4.15. The molecule has 0 fully saturated rings. The molecule has 0 aliphatic carbocycles. The Morgan fingerprint density at radius 2 is 1.76 bits per heavy atom. The molecule has 6 heteroatoms. The van der Waals surface area contributed by atoms with Crippen molar-refractivity contribution in [2.45, 2.75) is 5.75 Å². The van der Waals surface area contributed by atoms with Gasteiger partial charge in [-0.05, 0) is 29.8 Å². The molecule has 5 nitrogen and oxygen atoms in total. The Hall–Kier alpha value is -2.52. The predicted octanol–water partition coefficient (Wildman–Crippen LogP) is 2.11. The minimum absolute atomic E-state index is 0.149. The van der Waals surface area contributed by atoms with Crippen LogP contribution in [0.3, 0.4) is 0 Å². The monoisotopic (exact) mass is 301 g/mol. The summed E-state index contributed by atoms with van der Waals surface area (Å²) in [5.74, 6) is -0.149. The van der Waals surface area contributed by atoms with Crippen molar-refractivity contribution in [3.8, 4) is 6.07 Å². The molecule has 2 rings (SSSR count). The van der Waals surface area contributed by atoms with Gasteiger partial charge in [-0.3, -0.25) is 4.31 Å². The Bertz CT molecular complexity index is 777. The van der Waals surface area contributed by atoms with E-state index < -0.39 is 10.0 Å². The number of nitrogens with two attached hydrogens (primary N) is 1. The van der Waals surface area contributed by atoms with Crippen molar-refractivity contribution >= 4 is 21.4 Å². The Balaban J connectivity index is 2.31. The molecular formula is C15H15N3O2S. The summed E-state index contributed by atoms with van der Waals surface area (Å²) in [6.45, 7) is 0. The zero-order chi connectivity index (χ0) is 15.5. The lowest BCUT2D eigenvalue weighted by Crippen LogP contribution is -2.28. The van der Waals surface area contributed by atoms with E-state index in [4.69, 9.17) is 11.0 Å². The van der Waals surface area contributed by atoms with Crippen LogP contribution >= 0.6 is 0 Å². The molecule has 0 heterocycles. The summed E-state index contributed by atoms with van der Waals surface area (Å²) in [6, 6.07) is 15.3. The van der Waals surface area contributed by atoms with E-state index in [2.05, 4.69) is 0 Å². The second-order valence-electron chi connectivity index (χ2n) is 4.59. The lowest BCUT2D eigenvalue weighted by molar-refractivity contribution is 0.593. The molecule has 0 amide bonds. The van der Waals surface area contributed by atoms with Gasteiger partial charge in [-0.25, -0.2) is 8.42 Å². The van der Waals surface area contributed by atoms with Crippen molar-refractivity contribution in [1.29, 1.82) is 5.26 Å². The van der Waals surface area contributed by atoms with Gasteiger partial charge in [0, 0.05) is 12.7 Å². The van der Waals surface area contributed by atoms with Gasteiger partial charge in [0.05, 0.1) is 17.0 Å². The average Bonchev–Trinajstić information content (AvgIpc) is 2.48. The molecule has 0 spiro atoms. The molecule has 0 radical (unpaired) electrons. The van der Waals surface area contributed by atoms with E-state index in [0.717, 1.165) is 4.31 Å². The summed E-state index contributed by atoms with van der Waals surface area (Å²) >= 11 is 0. The Morgan fingerprint density at radius 3 is 2.38 bits per heavy atom. The summed E-state index contributed by atoms with van der Waals surface area (Å²) in [7, 11) is -2.12. The number of anilines is 2. The summed E-state index contributed by atoms with van der Waals surface area (Å²) in [5, 5.41) is 9.07. The second kappa shape index (κ2) is 5.85. The van der Waals surface area contributed by atoms with Crippen LogP contribution in [0.15, 0.2) is 48.5 Å². The zero-order valence-corrected chi connectivity index (χ0v) is 12.3. The number of nitrogens with zero attached hydrogens (tertiary/aromatic N) is 2. The molecule has 2 N–H and O–H groups in total. The van der Waals surface area contributed by atoms with Crippen LogP contribution in [0.5, 0.6) is 0 Å². The third kappa shape index (κ3) is 3.33. The zero-order valence-electron chi connectivity index (χ0n) is 11.5. The second-order valence-corrected chi connectivity index (χ2v) is 6.59. The predicted molar refractivity (Wildman–Crippen MR) is 83.0 cm³/mol. The summed E-state index contributed by atoms with van der Waals surface area (Å²) in [4.78, 5) is 0. The maximum Gasteiger partial charge on any atom is 0.239 e. The number of benzene rings is 2. The van der Waals surface area contributed by atoms with Gasteiger partial charge in [-0.1, -0.05) is 24.3 Å². The summed E-state index contributed by atoms with van der Waals surface area (Å²) in [5.41, 5.74) is 7.50. The van der Waals surface area contributed by atoms with Gasteiger partial charge >= 0.3 is 0 Å². The molecule has 0 atom stereocenters. The number of sulfonamides is 1. The van der Waals surface area contributed by atoms with Crippen LogP contribution in [-0.4, -0.2) is 15.5 Å². The summed E-state index contributed by atoms with van der Waals surface area (Å²) < 4.78 is 26.0. The van der Waals surface area contributed by atoms with Gasteiger partial charge < -0.3 is 5.73 Å². The molecule has 0 aromatic heterocycles. The quantitative estimate of drug-likeness (QED) is 0.876. The fourth-order valence-corrected chi connectivity index (χ4v) is 3.18. The van der Waals surface area contributed by atoms with Gasteiger partial charge in [0.25, 0.3) is 0 Å². The van der Waals surface area contributed by atoms with Crippen LogP contribution in [-0.2, 0) is 15.8 Å². The molecule has 0 saturated heterocycles. The molecule has 0 aliphatic heterocycles. The van der Waals surface area contributed by atoms with Crippen LogP contribution in [0.4, 0.5) is 11.4 Å². The number of nitrogen functional groups attached to an aromatic ring is 1. The summed E-state index contributed by atoms with van der Waals surface area (Å²) in [6.07, 6.45) is 0. The minimum Gasteiger partial charge on any atom is -0.399 e. The molecule has 21 heavy (non-hydrogen) atoms. The molecule has 0 aliphatic rings. The topological polar surface area (TPSA) is 87.2 Å². The number of nitriles is 1. The number of hydrogen-bond donors (Lipinski definition) is 1. The Labute approximate surface area is 124 Å². The highest BCUT2D eigenvalue weighted by molar-refractivity contribution is 7.92. The van der Waals surface area contributed by atoms with Crippen molar-refractivity contribution in [3.63, 3.8) is 0 Å². The molecule has 2 aromatic rings. The number of para-hydroxylation sites is 1. The highest BCUT2D eigenvalue weighted by Gasteiger charge is 2.21. The van der Waals surface area contributed by atoms with Crippen molar-refractivity contribution in [3.05, 3.63) is 59.7 Å². The first kappa shape index (κ1) is 14.9. The van der Waals surface area contributed by atoms with Crippen molar-refractivity contribution in [2.75, 3.05) is 17.1 Å². The van der Waals surface area contributed by atoms with Crippen molar-refractivity contribution in [2.24, 2.45) is 0 Å². The third-order valence-corrected chi connectivity index (χ3v) is 4.84. The van der Waals surface area contributed by atoms with E-state index in [1.54, 1.807) is 48.5 Å². The van der Waals surface area contributed by atoms with E-state index in [1.807, 2.05) is 6.07 Å². The van der Waals surface area contributed by atoms with Crippen LogP contribution in [0.1, 0.15) is 11.1 Å².